The zero-order valence-corrected chi connectivity index (χ0v) is 16.3. The van der Waals surface area contributed by atoms with Gasteiger partial charge in [-0.05, 0) is 35.6 Å². The zero-order valence-electron chi connectivity index (χ0n) is 16.3. The van der Waals surface area contributed by atoms with Crippen molar-refractivity contribution < 1.29 is 18.1 Å². The Morgan fingerprint density at radius 3 is 2.25 bits per heavy atom. The number of carbonyl (C=O) groups excluding carboxylic acids is 1. The molecule has 0 aliphatic heterocycles. The highest BCUT2D eigenvalue weighted by Gasteiger charge is 2.22. The van der Waals surface area contributed by atoms with Gasteiger partial charge >= 0.3 is 0 Å². The third-order valence-corrected chi connectivity index (χ3v) is 4.48. The van der Waals surface area contributed by atoms with Crippen LogP contribution in [0.4, 0.5) is 8.78 Å². The maximum Gasteiger partial charge on any atom is 0.257 e. The number of carbonyl (C=O) groups is 1. The smallest absolute Gasteiger partial charge is 0.257 e. The molecule has 28 heavy (non-hydrogen) atoms. The molecule has 146 valence electrons. The van der Waals surface area contributed by atoms with Gasteiger partial charge in [-0.15, -0.1) is 0 Å². The monoisotopic (exact) mass is 384 g/mol. The summed E-state index contributed by atoms with van der Waals surface area (Å²) in [6.45, 7) is 8.02. The third kappa shape index (κ3) is 4.27. The first kappa shape index (κ1) is 19.7. The average molecular weight is 384 g/mol. The molecule has 6 heteroatoms. The molecule has 0 atom stereocenters. The van der Waals surface area contributed by atoms with Gasteiger partial charge in [-0.25, -0.2) is 8.78 Å². The third-order valence-electron chi connectivity index (χ3n) is 4.48. The Balaban J connectivity index is 1.83. The molecule has 0 saturated carbocycles. The SMILES string of the molecule is Cc1noc(-c2ccc(C(C)(C)C)cc2)c1C(=O)NCc1cc(F)cc(F)c1. The average Bonchev–Trinajstić information content (AvgIpc) is 3.00. The minimum Gasteiger partial charge on any atom is -0.355 e. The molecular weight excluding hydrogens is 362 g/mol. The molecule has 3 aromatic rings. The number of aromatic nitrogens is 1. The first-order valence-corrected chi connectivity index (χ1v) is 8.95. The summed E-state index contributed by atoms with van der Waals surface area (Å²) in [4.78, 5) is 12.7. The number of nitrogens with zero attached hydrogens (tertiary/aromatic N) is 1. The summed E-state index contributed by atoms with van der Waals surface area (Å²) >= 11 is 0. The predicted octanol–water partition coefficient (Wildman–Crippen LogP) is 5.16. The molecular formula is C22H22F2N2O2. The second-order valence-corrected chi connectivity index (χ2v) is 7.76. The van der Waals surface area contributed by atoms with Crippen LogP contribution in [0.5, 0.6) is 0 Å². The number of benzene rings is 2. The Morgan fingerprint density at radius 2 is 1.68 bits per heavy atom. The van der Waals surface area contributed by atoms with E-state index in [4.69, 9.17) is 4.52 Å². The molecule has 0 fully saturated rings. The van der Waals surface area contributed by atoms with Gasteiger partial charge in [-0.3, -0.25) is 4.79 Å². The van der Waals surface area contributed by atoms with Crippen molar-refractivity contribution in [1.29, 1.82) is 0 Å². The van der Waals surface area contributed by atoms with E-state index in [1.165, 1.54) is 12.1 Å². The molecule has 1 aromatic heterocycles. The van der Waals surface area contributed by atoms with E-state index < -0.39 is 17.5 Å². The summed E-state index contributed by atoms with van der Waals surface area (Å²) < 4.78 is 32.0. The molecule has 2 aromatic carbocycles. The normalized spacial score (nSPS) is 11.5. The van der Waals surface area contributed by atoms with Crippen LogP contribution in [-0.2, 0) is 12.0 Å². The van der Waals surface area contributed by atoms with Crippen molar-refractivity contribution in [1.82, 2.24) is 10.5 Å². The van der Waals surface area contributed by atoms with E-state index in [-0.39, 0.29) is 12.0 Å². The summed E-state index contributed by atoms with van der Waals surface area (Å²) in [5.41, 5.74) is 2.98. The van der Waals surface area contributed by atoms with Crippen molar-refractivity contribution in [3.63, 3.8) is 0 Å². The number of rotatable bonds is 4. The Kier molecular flexibility index (Phi) is 5.31. The highest BCUT2D eigenvalue weighted by Crippen LogP contribution is 2.29. The van der Waals surface area contributed by atoms with Crippen molar-refractivity contribution in [3.8, 4) is 11.3 Å². The van der Waals surface area contributed by atoms with E-state index in [1.807, 2.05) is 24.3 Å². The van der Waals surface area contributed by atoms with Crippen molar-refractivity contribution in [2.24, 2.45) is 0 Å². The van der Waals surface area contributed by atoms with Crippen LogP contribution < -0.4 is 5.32 Å². The van der Waals surface area contributed by atoms with Crippen LogP contribution in [0, 0.1) is 18.6 Å². The molecule has 0 radical (unpaired) electrons. The molecule has 1 amide bonds. The molecule has 1 heterocycles. The fraction of sp³-hybridized carbons (Fsp3) is 0.273. The van der Waals surface area contributed by atoms with E-state index in [0.717, 1.165) is 17.2 Å². The maximum absolute atomic E-state index is 13.3. The molecule has 4 nitrogen and oxygen atoms in total. The Bertz CT molecular complexity index is 982. The zero-order chi connectivity index (χ0) is 20.5. The lowest BCUT2D eigenvalue weighted by Gasteiger charge is -2.18. The second-order valence-electron chi connectivity index (χ2n) is 7.76. The standard InChI is InChI=1S/C22H22F2N2O2/c1-13-19(21(27)25-12-14-9-17(23)11-18(24)10-14)20(28-26-13)15-5-7-16(8-6-15)22(2,3)4/h5-11H,12H2,1-4H3,(H,25,27). The lowest BCUT2D eigenvalue weighted by Crippen LogP contribution is -2.23. The summed E-state index contributed by atoms with van der Waals surface area (Å²) in [6.07, 6.45) is 0. The number of aryl methyl sites for hydroxylation is 1. The van der Waals surface area contributed by atoms with Gasteiger partial charge in [0.2, 0.25) is 0 Å². The van der Waals surface area contributed by atoms with Crippen molar-refractivity contribution in [2.45, 2.75) is 39.7 Å². The summed E-state index contributed by atoms with van der Waals surface area (Å²) in [7, 11) is 0. The van der Waals surface area contributed by atoms with Crippen LogP contribution in [-0.4, -0.2) is 11.1 Å². The highest BCUT2D eigenvalue weighted by molar-refractivity contribution is 6.00. The maximum atomic E-state index is 13.3. The topological polar surface area (TPSA) is 55.1 Å². The predicted molar refractivity (Wildman–Crippen MR) is 103 cm³/mol. The van der Waals surface area contributed by atoms with Gasteiger partial charge < -0.3 is 9.84 Å². The van der Waals surface area contributed by atoms with Gasteiger partial charge in [0.05, 0.1) is 5.69 Å². The van der Waals surface area contributed by atoms with E-state index in [1.54, 1.807) is 6.92 Å². The number of hydrogen-bond donors (Lipinski definition) is 1. The molecule has 0 bridgehead atoms. The largest absolute Gasteiger partial charge is 0.355 e. The fourth-order valence-electron chi connectivity index (χ4n) is 2.94. The highest BCUT2D eigenvalue weighted by atomic mass is 19.1. The van der Waals surface area contributed by atoms with E-state index in [9.17, 15) is 13.6 Å². The van der Waals surface area contributed by atoms with Gasteiger partial charge in [0.15, 0.2) is 5.76 Å². The quantitative estimate of drug-likeness (QED) is 0.676. The van der Waals surface area contributed by atoms with Crippen LogP contribution in [0.3, 0.4) is 0 Å². The first-order chi connectivity index (χ1) is 13.1. The van der Waals surface area contributed by atoms with Crippen LogP contribution >= 0.6 is 0 Å². The number of nitrogens with one attached hydrogen (secondary N) is 1. The molecule has 0 aliphatic carbocycles. The number of amides is 1. The molecule has 3 rings (SSSR count). The summed E-state index contributed by atoms with van der Waals surface area (Å²) in [5, 5.41) is 6.58. The number of hydrogen-bond acceptors (Lipinski definition) is 3. The Labute approximate surface area is 162 Å². The summed E-state index contributed by atoms with van der Waals surface area (Å²) in [5.74, 6) is -1.44. The fourth-order valence-corrected chi connectivity index (χ4v) is 2.94. The minimum atomic E-state index is -0.690. The van der Waals surface area contributed by atoms with Gasteiger partial charge in [-0.1, -0.05) is 50.2 Å². The first-order valence-electron chi connectivity index (χ1n) is 8.95. The van der Waals surface area contributed by atoms with Crippen molar-refractivity contribution in [2.75, 3.05) is 0 Å². The molecule has 0 spiro atoms. The Morgan fingerprint density at radius 1 is 1.07 bits per heavy atom. The molecule has 0 aliphatic rings. The van der Waals surface area contributed by atoms with Crippen molar-refractivity contribution in [3.05, 3.63) is 76.5 Å². The minimum absolute atomic E-state index is 0.0102. The lowest BCUT2D eigenvalue weighted by atomic mass is 9.86. The number of halogens is 2. The van der Waals surface area contributed by atoms with E-state index in [0.29, 0.717) is 22.6 Å². The Hall–Kier alpha value is -3.02. The van der Waals surface area contributed by atoms with Crippen LogP contribution in [0.1, 0.15) is 48.0 Å². The van der Waals surface area contributed by atoms with Crippen LogP contribution in [0.15, 0.2) is 47.0 Å². The van der Waals surface area contributed by atoms with Gasteiger partial charge in [0, 0.05) is 18.2 Å². The second kappa shape index (κ2) is 7.54. The molecule has 1 N–H and O–H groups in total. The van der Waals surface area contributed by atoms with Crippen LogP contribution in [0.2, 0.25) is 0 Å². The van der Waals surface area contributed by atoms with Gasteiger partial charge in [0.25, 0.3) is 5.91 Å². The molecule has 0 unspecified atom stereocenters. The summed E-state index contributed by atoms with van der Waals surface area (Å²) in [6, 6.07) is 10.9. The van der Waals surface area contributed by atoms with E-state index in [2.05, 4.69) is 31.2 Å². The van der Waals surface area contributed by atoms with Crippen molar-refractivity contribution >= 4 is 5.91 Å². The lowest BCUT2D eigenvalue weighted by molar-refractivity contribution is 0.0950. The van der Waals surface area contributed by atoms with Gasteiger partial charge in [-0.2, -0.15) is 0 Å². The van der Waals surface area contributed by atoms with Gasteiger partial charge in [0.1, 0.15) is 17.2 Å². The van der Waals surface area contributed by atoms with E-state index >= 15 is 0 Å². The van der Waals surface area contributed by atoms with Crippen LogP contribution in [0.25, 0.3) is 11.3 Å². The molecule has 0 saturated heterocycles.